The van der Waals surface area contributed by atoms with E-state index in [0.717, 1.165) is 0 Å². The molecule has 0 aromatic heterocycles. The average molecular weight is 240 g/mol. The number of nitrogens with two attached hydrogens (primary N) is 2. The van der Waals surface area contributed by atoms with E-state index in [1.165, 1.54) is 44.9 Å². The summed E-state index contributed by atoms with van der Waals surface area (Å²) in [5.41, 5.74) is 12.6. The highest BCUT2D eigenvalue weighted by atomic mass is 14.8. The first kappa shape index (κ1) is 15.0. The Balaban J connectivity index is 2.76. The molecular weight excluding hydrogens is 208 g/mol. The Morgan fingerprint density at radius 1 is 0.706 bits per heavy atom. The van der Waals surface area contributed by atoms with E-state index in [4.69, 9.17) is 11.5 Å². The van der Waals surface area contributed by atoms with Crippen molar-refractivity contribution in [2.45, 2.75) is 83.7 Å². The lowest BCUT2D eigenvalue weighted by molar-refractivity contribution is 0.188. The van der Waals surface area contributed by atoms with Crippen molar-refractivity contribution < 1.29 is 0 Å². The molecule has 0 saturated heterocycles. The maximum Gasteiger partial charge on any atom is 0.0125 e. The van der Waals surface area contributed by atoms with Crippen LogP contribution in [0.1, 0.15) is 72.6 Å². The van der Waals surface area contributed by atoms with E-state index in [9.17, 15) is 0 Å². The summed E-state index contributed by atoms with van der Waals surface area (Å²) in [6.45, 7) is 8.71. The van der Waals surface area contributed by atoms with Gasteiger partial charge >= 0.3 is 0 Å². The molecule has 17 heavy (non-hydrogen) atoms. The van der Waals surface area contributed by atoms with E-state index in [2.05, 4.69) is 27.7 Å². The maximum atomic E-state index is 6.35. The molecule has 1 aliphatic rings. The van der Waals surface area contributed by atoms with Gasteiger partial charge < -0.3 is 11.5 Å². The van der Waals surface area contributed by atoms with E-state index in [-0.39, 0.29) is 11.1 Å². The molecule has 0 amide bonds. The molecule has 2 nitrogen and oxygen atoms in total. The monoisotopic (exact) mass is 240 g/mol. The van der Waals surface area contributed by atoms with Gasteiger partial charge in [0.15, 0.2) is 0 Å². The minimum Gasteiger partial charge on any atom is -0.325 e. The van der Waals surface area contributed by atoms with Crippen LogP contribution in [0, 0.1) is 11.8 Å². The molecule has 0 aliphatic heterocycles. The fraction of sp³-hybridized carbons (Fsp3) is 1.00. The van der Waals surface area contributed by atoms with Crippen LogP contribution in [0.25, 0.3) is 0 Å². The van der Waals surface area contributed by atoms with Crippen LogP contribution in [0.5, 0.6) is 0 Å². The predicted octanol–water partition coefficient (Wildman–Crippen LogP) is 3.44. The van der Waals surface area contributed by atoms with Gasteiger partial charge in [-0.25, -0.2) is 0 Å². The third kappa shape index (κ3) is 4.97. The summed E-state index contributed by atoms with van der Waals surface area (Å²) in [5.74, 6) is 1.24. The van der Waals surface area contributed by atoms with Gasteiger partial charge in [-0.05, 0) is 58.8 Å². The lowest BCUT2D eigenvalue weighted by Crippen LogP contribution is -2.47. The molecule has 1 fully saturated rings. The van der Waals surface area contributed by atoms with Gasteiger partial charge in [0.2, 0.25) is 0 Å². The Hall–Kier alpha value is -0.0800. The second-order valence-electron chi connectivity index (χ2n) is 7.26. The SMILES string of the molecule is CC(C)(N)C1CCCCCCC(C(C)(C)N)C1. The van der Waals surface area contributed by atoms with Crippen molar-refractivity contribution in [3.8, 4) is 0 Å². The molecule has 0 heterocycles. The minimum absolute atomic E-state index is 0.0617. The molecule has 2 heteroatoms. The Morgan fingerprint density at radius 2 is 1.06 bits per heavy atom. The minimum atomic E-state index is -0.0617. The van der Waals surface area contributed by atoms with Crippen LogP contribution in [-0.4, -0.2) is 11.1 Å². The zero-order chi connectivity index (χ0) is 13.1. The molecule has 1 rings (SSSR count). The quantitative estimate of drug-likeness (QED) is 0.777. The zero-order valence-corrected chi connectivity index (χ0v) is 12.3. The highest BCUT2D eigenvalue weighted by Gasteiger charge is 2.33. The lowest BCUT2D eigenvalue weighted by Gasteiger charge is -2.38. The first-order valence-corrected chi connectivity index (χ1v) is 7.29. The first-order chi connectivity index (χ1) is 7.71. The standard InChI is InChI=1S/C15H32N2/c1-14(2,16)12-9-7-5-6-8-10-13(11-12)15(3,4)17/h12-13H,5-11,16-17H2,1-4H3. The largest absolute Gasteiger partial charge is 0.325 e. The van der Waals surface area contributed by atoms with Gasteiger partial charge in [-0.2, -0.15) is 0 Å². The van der Waals surface area contributed by atoms with Crippen molar-refractivity contribution in [3.05, 3.63) is 0 Å². The van der Waals surface area contributed by atoms with Crippen LogP contribution in [0.2, 0.25) is 0 Å². The number of hydrogen-bond acceptors (Lipinski definition) is 2. The Labute approximate surface area is 108 Å². The van der Waals surface area contributed by atoms with Gasteiger partial charge in [0.1, 0.15) is 0 Å². The molecular formula is C15H32N2. The Kier molecular flexibility index (Phi) is 5.03. The van der Waals surface area contributed by atoms with Crippen LogP contribution in [-0.2, 0) is 0 Å². The third-order valence-corrected chi connectivity index (χ3v) is 4.53. The van der Waals surface area contributed by atoms with E-state index in [1.54, 1.807) is 0 Å². The molecule has 102 valence electrons. The average Bonchev–Trinajstić information content (AvgIpc) is 2.25. The van der Waals surface area contributed by atoms with Crippen molar-refractivity contribution in [2.75, 3.05) is 0 Å². The van der Waals surface area contributed by atoms with Gasteiger partial charge in [-0.15, -0.1) is 0 Å². The maximum absolute atomic E-state index is 6.35. The topological polar surface area (TPSA) is 52.0 Å². The van der Waals surface area contributed by atoms with E-state index < -0.39 is 0 Å². The molecule has 0 bridgehead atoms. The van der Waals surface area contributed by atoms with Crippen LogP contribution >= 0.6 is 0 Å². The normalized spacial score (nSPS) is 29.3. The molecule has 2 unspecified atom stereocenters. The van der Waals surface area contributed by atoms with Crippen molar-refractivity contribution in [1.82, 2.24) is 0 Å². The highest BCUT2D eigenvalue weighted by molar-refractivity contribution is 4.90. The molecule has 0 aromatic rings. The first-order valence-electron chi connectivity index (χ1n) is 7.29. The number of hydrogen-bond donors (Lipinski definition) is 2. The fourth-order valence-electron chi connectivity index (χ4n) is 3.07. The predicted molar refractivity (Wildman–Crippen MR) is 75.8 cm³/mol. The zero-order valence-electron chi connectivity index (χ0n) is 12.3. The van der Waals surface area contributed by atoms with Gasteiger partial charge in [-0.1, -0.05) is 25.7 Å². The molecule has 2 atom stereocenters. The molecule has 1 saturated carbocycles. The van der Waals surface area contributed by atoms with Gasteiger partial charge in [0.25, 0.3) is 0 Å². The third-order valence-electron chi connectivity index (χ3n) is 4.53. The molecule has 0 spiro atoms. The molecule has 1 aliphatic carbocycles. The summed E-state index contributed by atoms with van der Waals surface area (Å²) in [6, 6.07) is 0. The highest BCUT2D eigenvalue weighted by Crippen LogP contribution is 2.35. The second-order valence-corrected chi connectivity index (χ2v) is 7.26. The van der Waals surface area contributed by atoms with Crippen molar-refractivity contribution in [3.63, 3.8) is 0 Å². The summed E-state index contributed by atoms with van der Waals surface area (Å²) in [4.78, 5) is 0. The summed E-state index contributed by atoms with van der Waals surface area (Å²) >= 11 is 0. The Bertz CT molecular complexity index is 198. The molecule has 0 aromatic carbocycles. The fourth-order valence-corrected chi connectivity index (χ4v) is 3.07. The van der Waals surface area contributed by atoms with Crippen molar-refractivity contribution in [1.29, 1.82) is 0 Å². The summed E-state index contributed by atoms with van der Waals surface area (Å²) in [7, 11) is 0. The summed E-state index contributed by atoms with van der Waals surface area (Å²) in [5, 5.41) is 0. The summed E-state index contributed by atoms with van der Waals surface area (Å²) in [6.07, 6.45) is 9.15. The van der Waals surface area contributed by atoms with E-state index in [1.807, 2.05) is 0 Å². The van der Waals surface area contributed by atoms with E-state index in [0.29, 0.717) is 11.8 Å². The van der Waals surface area contributed by atoms with Crippen LogP contribution in [0.15, 0.2) is 0 Å². The van der Waals surface area contributed by atoms with Gasteiger partial charge in [0.05, 0.1) is 0 Å². The van der Waals surface area contributed by atoms with Crippen LogP contribution in [0.3, 0.4) is 0 Å². The second kappa shape index (κ2) is 5.71. The molecule has 0 radical (unpaired) electrons. The van der Waals surface area contributed by atoms with Gasteiger partial charge in [-0.3, -0.25) is 0 Å². The van der Waals surface area contributed by atoms with Crippen molar-refractivity contribution in [2.24, 2.45) is 23.3 Å². The smallest absolute Gasteiger partial charge is 0.0125 e. The van der Waals surface area contributed by atoms with Crippen LogP contribution in [0.4, 0.5) is 0 Å². The van der Waals surface area contributed by atoms with E-state index >= 15 is 0 Å². The summed E-state index contributed by atoms with van der Waals surface area (Å²) < 4.78 is 0. The van der Waals surface area contributed by atoms with Crippen molar-refractivity contribution >= 4 is 0 Å². The van der Waals surface area contributed by atoms with Gasteiger partial charge in [0, 0.05) is 11.1 Å². The lowest BCUT2D eigenvalue weighted by atomic mass is 9.73. The van der Waals surface area contributed by atoms with Crippen LogP contribution < -0.4 is 11.5 Å². The Morgan fingerprint density at radius 3 is 1.35 bits per heavy atom. The molecule has 4 N–H and O–H groups in total. The number of rotatable bonds is 2.